The number of hydrogen-bond donors (Lipinski definition) is 3. The molecule has 0 spiro atoms. The van der Waals surface area contributed by atoms with Crippen molar-refractivity contribution in [2.24, 2.45) is 0 Å². The van der Waals surface area contributed by atoms with E-state index in [-0.39, 0.29) is 12.1 Å². The first-order valence-electron chi connectivity index (χ1n) is 7.93. The van der Waals surface area contributed by atoms with Gasteiger partial charge in [-0.1, -0.05) is 15.9 Å². The second-order valence-electron chi connectivity index (χ2n) is 6.28. The van der Waals surface area contributed by atoms with Crippen molar-refractivity contribution in [1.82, 2.24) is 5.32 Å². The largest absolute Gasteiger partial charge is 0.496 e. The number of nitrogens with one attached hydrogen (secondary N) is 3. The molecule has 0 radical (unpaired) electrons. The molecule has 1 aromatic heterocycles. The Labute approximate surface area is 153 Å². The SMILES string of the molecule is COc1ccc(Br)cc1[C@@H]1NC(=O)c2c(sc3c2CC[NH+](C)C3)N1. The number of methoxy groups -OCH3 is 1. The third kappa shape index (κ3) is 2.60. The summed E-state index contributed by atoms with van der Waals surface area (Å²) in [6.07, 6.45) is 0.676. The van der Waals surface area contributed by atoms with E-state index in [1.807, 2.05) is 18.2 Å². The summed E-state index contributed by atoms with van der Waals surface area (Å²) in [5, 5.41) is 7.56. The predicted molar refractivity (Wildman–Crippen MR) is 98.0 cm³/mol. The van der Waals surface area contributed by atoms with Crippen molar-refractivity contribution in [2.75, 3.05) is 26.0 Å². The van der Waals surface area contributed by atoms with Crippen LogP contribution in [0.4, 0.5) is 5.00 Å². The fourth-order valence-corrected chi connectivity index (χ4v) is 5.18. The lowest BCUT2D eigenvalue weighted by Crippen LogP contribution is -3.08. The maximum absolute atomic E-state index is 12.8. The number of carbonyl (C=O) groups is 1. The lowest BCUT2D eigenvalue weighted by Gasteiger charge is -2.28. The number of amides is 1. The highest BCUT2D eigenvalue weighted by atomic mass is 79.9. The van der Waals surface area contributed by atoms with E-state index < -0.39 is 0 Å². The molecule has 2 atom stereocenters. The van der Waals surface area contributed by atoms with E-state index in [1.54, 1.807) is 18.4 Å². The zero-order valence-corrected chi connectivity index (χ0v) is 15.9. The number of halogens is 1. The second kappa shape index (κ2) is 6.06. The maximum atomic E-state index is 12.8. The van der Waals surface area contributed by atoms with Crippen molar-refractivity contribution in [3.05, 3.63) is 44.2 Å². The molecule has 2 aliphatic heterocycles. The Morgan fingerprint density at radius 2 is 2.21 bits per heavy atom. The predicted octanol–water partition coefficient (Wildman–Crippen LogP) is 1.94. The van der Waals surface area contributed by atoms with E-state index in [2.05, 4.69) is 33.6 Å². The third-order valence-electron chi connectivity index (χ3n) is 4.64. The van der Waals surface area contributed by atoms with E-state index >= 15 is 0 Å². The number of carbonyl (C=O) groups excluding carboxylic acids is 1. The first kappa shape index (κ1) is 15.9. The summed E-state index contributed by atoms with van der Waals surface area (Å²) in [5.74, 6) is 0.762. The molecule has 0 saturated carbocycles. The van der Waals surface area contributed by atoms with Gasteiger partial charge < -0.3 is 20.3 Å². The number of quaternary nitrogens is 1. The van der Waals surface area contributed by atoms with Crippen LogP contribution in [0.2, 0.25) is 0 Å². The van der Waals surface area contributed by atoms with E-state index in [4.69, 9.17) is 4.74 Å². The van der Waals surface area contributed by atoms with Gasteiger partial charge >= 0.3 is 0 Å². The highest BCUT2D eigenvalue weighted by Gasteiger charge is 2.34. The molecule has 2 aliphatic rings. The van der Waals surface area contributed by atoms with Crippen molar-refractivity contribution in [3.63, 3.8) is 0 Å². The molecule has 0 saturated heterocycles. The zero-order valence-electron chi connectivity index (χ0n) is 13.5. The van der Waals surface area contributed by atoms with Crippen LogP contribution in [0.3, 0.4) is 0 Å². The van der Waals surface area contributed by atoms with Gasteiger partial charge in [-0.3, -0.25) is 4.79 Å². The average molecular weight is 409 g/mol. The lowest BCUT2D eigenvalue weighted by molar-refractivity contribution is -0.895. The van der Waals surface area contributed by atoms with E-state index in [0.29, 0.717) is 0 Å². The molecule has 0 bridgehead atoms. The first-order chi connectivity index (χ1) is 11.6. The molecule has 1 aromatic carbocycles. The van der Waals surface area contributed by atoms with Gasteiger partial charge in [-0.25, -0.2) is 0 Å². The molecule has 1 amide bonds. The van der Waals surface area contributed by atoms with Crippen molar-refractivity contribution in [3.8, 4) is 5.75 Å². The molecule has 3 N–H and O–H groups in total. The average Bonchev–Trinajstić information content (AvgIpc) is 2.92. The molecule has 3 heterocycles. The first-order valence-corrected chi connectivity index (χ1v) is 9.54. The maximum Gasteiger partial charge on any atom is 0.256 e. The lowest BCUT2D eigenvalue weighted by atomic mass is 10.0. The van der Waals surface area contributed by atoms with Gasteiger partial charge in [0, 0.05) is 16.5 Å². The Morgan fingerprint density at radius 1 is 1.38 bits per heavy atom. The minimum absolute atomic E-state index is 0.00725. The molecule has 5 nitrogen and oxygen atoms in total. The summed E-state index contributed by atoms with van der Waals surface area (Å²) in [4.78, 5) is 15.6. The standard InChI is InChI=1S/C17H18BrN3O2S/c1-21-6-5-10-13(8-21)24-17-14(10)16(22)19-15(20-17)11-7-9(18)3-4-12(11)23-2/h3-4,7,15,20H,5-6,8H2,1-2H3,(H,19,22)/p+1/t15-/m1/s1. The zero-order chi connectivity index (χ0) is 16.8. The summed E-state index contributed by atoms with van der Waals surface area (Å²) < 4.78 is 6.41. The molecular formula is C17H19BrN3O2S+. The smallest absolute Gasteiger partial charge is 0.256 e. The number of rotatable bonds is 2. The number of hydrogen-bond acceptors (Lipinski definition) is 4. The van der Waals surface area contributed by atoms with Crippen molar-refractivity contribution >= 4 is 38.2 Å². The summed E-state index contributed by atoms with van der Waals surface area (Å²) in [7, 11) is 3.84. The third-order valence-corrected chi connectivity index (χ3v) is 6.29. The second-order valence-corrected chi connectivity index (χ2v) is 8.30. The Morgan fingerprint density at radius 3 is 3.00 bits per heavy atom. The van der Waals surface area contributed by atoms with Gasteiger partial charge in [-0.05, 0) is 23.8 Å². The molecule has 0 aliphatic carbocycles. The number of thiophene rings is 1. The Hall–Kier alpha value is -1.57. The van der Waals surface area contributed by atoms with Crippen LogP contribution in [0.25, 0.3) is 0 Å². The number of benzene rings is 1. The summed E-state index contributed by atoms with van der Waals surface area (Å²) in [6, 6.07) is 5.81. The minimum atomic E-state index is -0.289. The van der Waals surface area contributed by atoms with Crippen molar-refractivity contribution < 1.29 is 14.4 Å². The molecule has 24 heavy (non-hydrogen) atoms. The van der Waals surface area contributed by atoms with E-state index in [0.717, 1.165) is 45.9 Å². The highest BCUT2D eigenvalue weighted by molar-refractivity contribution is 9.10. The minimum Gasteiger partial charge on any atom is -0.496 e. The molecule has 2 aromatic rings. The highest BCUT2D eigenvalue weighted by Crippen LogP contribution is 2.40. The molecular weight excluding hydrogens is 390 g/mol. The Bertz CT molecular complexity index is 820. The monoisotopic (exact) mass is 408 g/mol. The fourth-order valence-electron chi connectivity index (χ4n) is 3.42. The van der Waals surface area contributed by atoms with Gasteiger partial charge in [0.25, 0.3) is 5.91 Å². The molecule has 7 heteroatoms. The Balaban J connectivity index is 1.73. The Kier molecular flexibility index (Phi) is 4.02. The van der Waals surface area contributed by atoms with Crippen LogP contribution in [-0.2, 0) is 13.0 Å². The topological polar surface area (TPSA) is 54.8 Å². The summed E-state index contributed by atoms with van der Waals surface area (Å²) >= 11 is 5.21. The van der Waals surface area contributed by atoms with E-state index in [1.165, 1.54) is 15.3 Å². The van der Waals surface area contributed by atoms with Gasteiger partial charge in [0.15, 0.2) is 0 Å². The van der Waals surface area contributed by atoms with Crippen LogP contribution in [-0.4, -0.2) is 26.6 Å². The fraction of sp³-hybridized carbons (Fsp3) is 0.353. The normalized spacial score (nSPS) is 22.2. The van der Waals surface area contributed by atoms with Crippen molar-refractivity contribution in [2.45, 2.75) is 19.1 Å². The van der Waals surface area contributed by atoms with Gasteiger partial charge in [0.05, 0.1) is 31.1 Å². The van der Waals surface area contributed by atoms with Gasteiger partial charge in [0.2, 0.25) is 0 Å². The van der Waals surface area contributed by atoms with Gasteiger partial charge in [-0.2, -0.15) is 0 Å². The van der Waals surface area contributed by atoms with Crippen LogP contribution in [0, 0.1) is 0 Å². The van der Waals surface area contributed by atoms with Crippen LogP contribution < -0.4 is 20.3 Å². The number of likely N-dealkylation sites (N-methyl/N-ethyl adjacent to an activating group) is 1. The molecule has 4 rings (SSSR count). The number of fused-ring (bicyclic) bond motifs is 3. The van der Waals surface area contributed by atoms with Crippen LogP contribution in [0.15, 0.2) is 22.7 Å². The molecule has 1 unspecified atom stereocenters. The van der Waals surface area contributed by atoms with E-state index in [9.17, 15) is 4.79 Å². The van der Waals surface area contributed by atoms with Crippen LogP contribution in [0.5, 0.6) is 5.75 Å². The number of ether oxygens (including phenoxy) is 1. The van der Waals surface area contributed by atoms with Crippen molar-refractivity contribution in [1.29, 1.82) is 0 Å². The summed E-state index contributed by atoms with van der Waals surface area (Å²) in [5.41, 5.74) is 2.98. The van der Waals surface area contributed by atoms with Crippen LogP contribution in [0.1, 0.15) is 32.5 Å². The molecule has 126 valence electrons. The van der Waals surface area contributed by atoms with Crippen LogP contribution >= 0.6 is 27.3 Å². The van der Waals surface area contributed by atoms with Gasteiger partial charge in [0.1, 0.15) is 23.5 Å². The summed E-state index contributed by atoms with van der Waals surface area (Å²) in [6.45, 7) is 2.07. The molecule has 0 fully saturated rings. The quantitative estimate of drug-likeness (QED) is 0.711. The number of anilines is 1. The van der Waals surface area contributed by atoms with Gasteiger partial charge in [-0.15, -0.1) is 11.3 Å².